The number of carbonyl (C=O) groups is 2. The molecule has 2 aliphatic heterocycles. The van der Waals surface area contributed by atoms with Gasteiger partial charge in [-0.15, -0.1) is 0 Å². The van der Waals surface area contributed by atoms with Gasteiger partial charge >= 0.3 is 0 Å². The van der Waals surface area contributed by atoms with Crippen LogP contribution in [-0.2, 0) is 14.3 Å². The number of hydrogen-bond donors (Lipinski definition) is 0. The topological polar surface area (TPSA) is 68.3 Å². The Kier molecular flexibility index (Phi) is 8.51. The van der Waals surface area contributed by atoms with Crippen molar-refractivity contribution in [1.29, 1.82) is 0 Å². The molecular weight excluding hydrogens is 384 g/mol. The second-order valence-electron chi connectivity index (χ2n) is 8.09. The van der Waals surface area contributed by atoms with Crippen LogP contribution in [0.15, 0.2) is 24.3 Å². The maximum absolute atomic E-state index is 13.0. The monoisotopic (exact) mass is 418 g/mol. The Morgan fingerprint density at radius 3 is 2.37 bits per heavy atom. The molecule has 2 aliphatic rings. The van der Waals surface area contributed by atoms with Crippen LogP contribution in [0.3, 0.4) is 0 Å². The lowest BCUT2D eigenvalue weighted by Crippen LogP contribution is -2.44. The highest BCUT2D eigenvalue weighted by atomic mass is 16.5. The summed E-state index contributed by atoms with van der Waals surface area (Å²) in [6.07, 6.45) is 5.83. The van der Waals surface area contributed by atoms with Crippen molar-refractivity contribution in [2.45, 2.75) is 50.7 Å². The fourth-order valence-corrected chi connectivity index (χ4v) is 4.29. The van der Waals surface area contributed by atoms with Gasteiger partial charge in [-0.1, -0.05) is 0 Å². The maximum Gasteiger partial charge on any atom is 0.254 e. The van der Waals surface area contributed by atoms with E-state index in [4.69, 9.17) is 14.2 Å². The van der Waals surface area contributed by atoms with E-state index in [9.17, 15) is 9.59 Å². The molecule has 1 aromatic carbocycles. The molecule has 7 nitrogen and oxygen atoms in total. The molecule has 0 saturated carbocycles. The van der Waals surface area contributed by atoms with E-state index < -0.39 is 0 Å². The Morgan fingerprint density at radius 1 is 0.967 bits per heavy atom. The zero-order valence-corrected chi connectivity index (χ0v) is 18.2. The second-order valence-corrected chi connectivity index (χ2v) is 8.09. The highest BCUT2D eigenvalue weighted by Crippen LogP contribution is 2.24. The number of likely N-dealkylation sites (tertiary alicyclic amines) is 2. The number of nitrogens with zero attached hydrogens (tertiary/aromatic N) is 2. The summed E-state index contributed by atoms with van der Waals surface area (Å²) >= 11 is 0. The van der Waals surface area contributed by atoms with Crippen LogP contribution in [0.25, 0.3) is 0 Å². The summed E-state index contributed by atoms with van der Waals surface area (Å²) in [5, 5.41) is 0. The van der Waals surface area contributed by atoms with E-state index in [1.165, 1.54) is 13.5 Å². The van der Waals surface area contributed by atoms with Gasteiger partial charge < -0.3 is 24.0 Å². The molecule has 1 atom stereocenters. The van der Waals surface area contributed by atoms with Crippen LogP contribution < -0.4 is 4.74 Å². The predicted molar refractivity (Wildman–Crippen MR) is 114 cm³/mol. The average molecular weight is 419 g/mol. The zero-order valence-electron chi connectivity index (χ0n) is 18.2. The average Bonchev–Trinajstić information content (AvgIpc) is 2.78. The summed E-state index contributed by atoms with van der Waals surface area (Å²) < 4.78 is 16.2. The first-order valence-corrected chi connectivity index (χ1v) is 11.0. The van der Waals surface area contributed by atoms with E-state index in [-0.39, 0.29) is 30.6 Å². The molecule has 0 aromatic heterocycles. The Balaban J connectivity index is 1.52. The van der Waals surface area contributed by atoms with Gasteiger partial charge in [-0.2, -0.15) is 0 Å². The van der Waals surface area contributed by atoms with Crippen LogP contribution in [0, 0.1) is 0 Å². The molecule has 2 amide bonds. The highest BCUT2D eigenvalue weighted by molar-refractivity contribution is 5.94. The summed E-state index contributed by atoms with van der Waals surface area (Å²) in [5.74, 6) is 0.885. The van der Waals surface area contributed by atoms with Crippen LogP contribution in [0.5, 0.6) is 5.75 Å². The van der Waals surface area contributed by atoms with Gasteiger partial charge in [0, 0.05) is 64.9 Å². The number of amides is 2. The van der Waals surface area contributed by atoms with E-state index in [1.54, 1.807) is 7.11 Å². The first-order chi connectivity index (χ1) is 14.6. The SMILES string of the molecule is COCCC1CCCCN1C(=O)c1ccc(OC2CCN(C(=O)COC)CC2)cc1. The molecule has 30 heavy (non-hydrogen) atoms. The normalized spacial score (nSPS) is 20.3. The maximum atomic E-state index is 13.0. The van der Waals surface area contributed by atoms with Gasteiger partial charge in [0.2, 0.25) is 5.91 Å². The molecule has 1 unspecified atom stereocenters. The molecule has 0 aliphatic carbocycles. The number of benzene rings is 1. The minimum Gasteiger partial charge on any atom is -0.490 e. The molecule has 1 aromatic rings. The number of piperidine rings is 2. The van der Waals surface area contributed by atoms with Crippen LogP contribution >= 0.6 is 0 Å². The number of hydrogen-bond acceptors (Lipinski definition) is 5. The highest BCUT2D eigenvalue weighted by Gasteiger charge is 2.27. The minimum absolute atomic E-state index is 0.0281. The molecule has 3 rings (SSSR count). The first kappa shape index (κ1) is 22.6. The predicted octanol–water partition coefficient (Wildman–Crippen LogP) is 2.73. The third-order valence-corrected chi connectivity index (χ3v) is 6.01. The molecule has 2 fully saturated rings. The molecule has 0 radical (unpaired) electrons. The van der Waals surface area contributed by atoms with Crippen molar-refractivity contribution in [3.05, 3.63) is 29.8 Å². The standard InChI is InChI=1S/C23H34N2O5/c1-28-16-12-19-5-3-4-13-25(19)23(27)18-6-8-20(9-7-18)30-21-10-14-24(15-11-21)22(26)17-29-2/h6-9,19,21H,3-5,10-17H2,1-2H3. The fraction of sp³-hybridized carbons (Fsp3) is 0.652. The van der Waals surface area contributed by atoms with Gasteiger partial charge in [0.1, 0.15) is 18.5 Å². The molecule has 166 valence electrons. The van der Waals surface area contributed by atoms with Gasteiger partial charge in [-0.3, -0.25) is 9.59 Å². The third kappa shape index (κ3) is 5.95. The van der Waals surface area contributed by atoms with E-state index in [2.05, 4.69) is 0 Å². The van der Waals surface area contributed by atoms with Crippen molar-refractivity contribution >= 4 is 11.8 Å². The quantitative estimate of drug-likeness (QED) is 0.649. The molecule has 2 saturated heterocycles. The van der Waals surface area contributed by atoms with Crippen molar-refractivity contribution in [2.24, 2.45) is 0 Å². The largest absolute Gasteiger partial charge is 0.490 e. The second kappa shape index (κ2) is 11.3. The van der Waals surface area contributed by atoms with Gasteiger partial charge in [-0.25, -0.2) is 0 Å². The van der Waals surface area contributed by atoms with Crippen LogP contribution in [0.2, 0.25) is 0 Å². The lowest BCUT2D eigenvalue weighted by molar-refractivity contribution is -0.136. The molecule has 7 heteroatoms. The van der Waals surface area contributed by atoms with E-state index in [0.29, 0.717) is 25.3 Å². The summed E-state index contributed by atoms with van der Waals surface area (Å²) in [4.78, 5) is 28.7. The van der Waals surface area contributed by atoms with Crippen LogP contribution in [0.1, 0.15) is 48.9 Å². The Bertz CT molecular complexity index is 685. The Hall–Kier alpha value is -2.12. The molecule has 0 bridgehead atoms. The lowest BCUT2D eigenvalue weighted by atomic mass is 9.98. The van der Waals surface area contributed by atoms with Gasteiger partial charge in [0.25, 0.3) is 5.91 Å². The summed E-state index contributed by atoms with van der Waals surface area (Å²) in [6, 6.07) is 7.73. The minimum atomic E-state index is 0.0281. The van der Waals surface area contributed by atoms with Crippen molar-refractivity contribution in [3.8, 4) is 5.75 Å². The lowest BCUT2D eigenvalue weighted by Gasteiger charge is -2.36. The van der Waals surface area contributed by atoms with Gasteiger partial charge in [0.15, 0.2) is 0 Å². The van der Waals surface area contributed by atoms with Gasteiger partial charge in [-0.05, 0) is 49.9 Å². The molecule has 2 heterocycles. The number of methoxy groups -OCH3 is 2. The van der Waals surface area contributed by atoms with Crippen molar-refractivity contribution < 1.29 is 23.8 Å². The number of ether oxygens (including phenoxy) is 3. The molecule has 0 N–H and O–H groups in total. The van der Waals surface area contributed by atoms with Crippen LogP contribution in [0.4, 0.5) is 0 Å². The zero-order chi connectivity index (χ0) is 21.3. The van der Waals surface area contributed by atoms with Crippen molar-refractivity contribution in [1.82, 2.24) is 9.80 Å². The molecular formula is C23H34N2O5. The Morgan fingerprint density at radius 2 is 1.70 bits per heavy atom. The Labute approximate surface area is 179 Å². The summed E-state index contributed by atoms with van der Waals surface area (Å²) in [7, 11) is 3.24. The van der Waals surface area contributed by atoms with E-state index >= 15 is 0 Å². The van der Waals surface area contributed by atoms with E-state index in [0.717, 1.165) is 44.4 Å². The van der Waals surface area contributed by atoms with E-state index in [1.807, 2.05) is 34.1 Å². The summed E-state index contributed by atoms with van der Waals surface area (Å²) in [6.45, 7) is 2.98. The fourth-order valence-electron chi connectivity index (χ4n) is 4.29. The summed E-state index contributed by atoms with van der Waals surface area (Å²) in [5.41, 5.74) is 0.701. The van der Waals surface area contributed by atoms with Crippen molar-refractivity contribution in [3.63, 3.8) is 0 Å². The van der Waals surface area contributed by atoms with Gasteiger partial charge in [0.05, 0.1) is 0 Å². The van der Waals surface area contributed by atoms with Crippen LogP contribution in [-0.4, -0.2) is 80.8 Å². The van der Waals surface area contributed by atoms with Crippen molar-refractivity contribution in [2.75, 3.05) is 47.1 Å². The number of rotatable bonds is 8. The first-order valence-electron chi connectivity index (χ1n) is 11.0. The number of carbonyl (C=O) groups excluding carboxylic acids is 2. The molecule has 0 spiro atoms. The smallest absolute Gasteiger partial charge is 0.254 e. The third-order valence-electron chi connectivity index (χ3n) is 6.01.